The van der Waals surface area contributed by atoms with Crippen LogP contribution in [0.5, 0.6) is 0 Å². The summed E-state index contributed by atoms with van der Waals surface area (Å²) in [6.07, 6.45) is 1.75. The summed E-state index contributed by atoms with van der Waals surface area (Å²) in [6.45, 7) is 5.25. The van der Waals surface area contributed by atoms with E-state index in [9.17, 15) is 8.42 Å². The van der Waals surface area contributed by atoms with Crippen LogP contribution in [0.4, 0.5) is 0 Å². The Kier molecular flexibility index (Phi) is 7.28. The fourth-order valence-electron chi connectivity index (χ4n) is 0. The molecular formula is C4H10O4S. The largest absolute Gasteiger partial charge is 0.397 e. The predicted molar refractivity (Wildman–Crippen MR) is 34.4 cm³/mol. The lowest BCUT2D eigenvalue weighted by atomic mass is 10.8. The predicted octanol–water partition coefficient (Wildman–Crippen LogP) is 0.628. The van der Waals surface area contributed by atoms with Gasteiger partial charge in [-0.25, -0.2) is 0 Å². The van der Waals surface area contributed by atoms with Crippen molar-refractivity contribution >= 4 is 10.4 Å². The summed E-state index contributed by atoms with van der Waals surface area (Å²) >= 11 is 0. The molecule has 0 unspecified atom stereocenters. The molecule has 0 spiro atoms. The second-order valence-corrected chi connectivity index (χ2v) is 2.19. The van der Waals surface area contributed by atoms with Crippen LogP contribution in [0, 0.1) is 0 Å². The van der Waals surface area contributed by atoms with E-state index in [4.69, 9.17) is 4.55 Å². The fraction of sp³-hybridized carbons (Fsp3) is 0.500. The van der Waals surface area contributed by atoms with E-state index in [0.29, 0.717) is 0 Å². The van der Waals surface area contributed by atoms with Crippen LogP contribution >= 0.6 is 0 Å². The van der Waals surface area contributed by atoms with Gasteiger partial charge in [0.15, 0.2) is 0 Å². The van der Waals surface area contributed by atoms with Crippen molar-refractivity contribution in [1.82, 2.24) is 0 Å². The SMILES string of the molecule is C=CC.COS(=O)(=O)O. The Morgan fingerprint density at radius 3 is 1.78 bits per heavy atom. The van der Waals surface area contributed by atoms with Gasteiger partial charge < -0.3 is 0 Å². The van der Waals surface area contributed by atoms with Gasteiger partial charge in [-0.05, 0) is 6.92 Å². The molecule has 5 heteroatoms. The van der Waals surface area contributed by atoms with Crippen molar-refractivity contribution < 1.29 is 17.2 Å². The van der Waals surface area contributed by atoms with E-state index >= 15 is 0 Å². The van der Waals surface area contributed by atoms with Crippen LogP contribution in [-0.4, -0.2) is 20.1 Å². The molecule has 0 heterocycles. The average molecular weight is 154 g/mol. The van der Waals surface area contributed by atoms with Crippen LogP contribution in [0.2, 0.25) is 0 Å². The molecule has 1 N–H and O–H groups in total. The Morgan fingerprint density at radius 1 is 1.67 bits per heavy atom. The fourth-order valence-corrected chi connectivity index (χ4v) is 0. The number of hydrogen-bond acceptors (Lipinski definition) is 3. The summed E-state index contributed by atoms with van der Waals surface area (Å²) in [7, 11) is -3.29. The third-order valence-electron chi connectivity index (χ3n) is 0.211. The quantitative estimate of drug-likeness (QED) is 0.444. The third kappa shape index (κ3) is 35.2. The molecule has 0 aliphatic heterocycles. The zero-order valence-corrected chi connectivity index (χ0v) is 6.18. The Morgan fingerprint density at radius 2 is 1.78 bits per heavy atom. The summed E-state index contributed by atoms with van der Waals surface area (Å²) in [5.41, 5.74) is 0. The van der Waals surface area contributed by atoms with Crippen LogP contribution in [0.25, 0.3) is 0 Å². The molecule has 0 aromatic heterocycles. The number of rotatable bonds is 1. The first-order valence-electron chi connectivity index (χ1n) is 2.08. The minimum Gasteiger partial charge on any atom is -0.264 e. The smallest absolute Gasteiger partial charge is 0.264 e. The second kappa shape index (κ2) is 5.74. The second-order valence-electron chi connectivity index (χ2n) is 1.00. The van der Waals surface area contributed by atoms with Crippen LogP contribution in [0.1, 0.15) is 6.92 Å². The summed E-state index contributed by atoms with van der Waals surface area (Å²) in [4.78, 5) is 0. The third-order valence-corrected chi connectivity index (χ3v) is 0.632. The molecule has 0 fully saturated rings. The van der Waals surface area contributed by atoms with Gasteiger partial charge in [0.05, 0.1) is 7.11 Å². The Balaban J connectivity index is 0. The van der Waals surface area contributed by atoms with Gasteiger partial charge in [-0.15, -0.1) is 6.58 Å². The molecule has 0 aliphatic rings. The zero-order valence-electron chi connectivity index (χ0n) is 5.36. The van der Waals surface area contributed by atoms with Crippen LogP contribution in [0.3, 0.4) is 0 Å². The first-order chi connectivity index (χ1) is 3.97. The molecule has 0 bridgehead atoms. The van der Waals surface area contributed by atoms with E-state index in [1.807, 2.05) is 6.92 Å². The maximum atomic E-state index is 9.33. The standard InChI is InChI=1S/C3H6.CH4O4S/c1-3-2;1-5-6(2,3)4/h3H,1H2,2H3;1H3,(H,2,3,4). The van der Waals surface area contributed by atoms with Crippen molar-refractivity contribution in [3.05, 3.63) is 12.7 Å². The number of hydrogen-bond donors (Lipinski definition) is 1. The topological polar surface area (TPSA) is 63.6 Å². The lowest BCUT2D eigenvalue weighted by Gasteiger charge is -1.82. The molecule has 9 heavy (non-hydrogen) atoms. The summed E-state index contributed by atoms with van der Waals surface area (Å²) < 4.78 is 29.7. The molecule has 0 rings (SSSR count). The molecule has 0 aromatic rings. The lowest BCUT2D eigenvalue weighted by molar-refractivity contribution is 0.324. The lowest BCUT2D eigenvalue weighted by Crippen LogP contribution is -1.96. The van der Waals surface area contributed by atoms with Crippen molar-refractivity contribution in [2.24, 2.45) is 0 Å². The maximum absolute atomic E-state index is 9.33. The highest BCUT2D eigenvalue weighted by atomic mass is 32.3. The van der Waals surface area contributed by atoms with E-state index in [-0.39, 0.29) is 0 Å². The van der Waals surface area contributed by atoms with Gasteiger partial charge in [0.25, 0.3) is 0 Å². The van der Waals surface area contributed by atoms with Gasteiger partial charge in [-0.1, -0.05) is 6.08 Å². The normalized spacial score (nSPS) is 9.22. The first kappa shape index (κ1) is 11.4. The van der Waals surface area contributed by atoms with Crippen LogP contribution < -0.4 is 0 Å². The highest BCUT2D eigenvalue weighted by Gasteiger charge is 1.93. The minimum absolute atomic E-state index is 0.870. The van der Waals surface area contributed by atoms with Crippen molar-refractivity contribution in [1.29, 1.82) is 0 Å². The monoisotopic (exact) mass is 154 g/mol. The molecule has 0 saturated carbocycles. The summed E-state index contributed by atoms with van der Waals surface area (Å²) in [6, 6.07) is 0. The van der Waals surface area contributed by atoms with Crippen molar-refractivity contribution in [2.45, 2.75) is 6.92 Å². The van der Waals surface area contributed by atoms with Gasteiger partial charge in [0.1, 0.15) is 0 Å². The van der Waals surface area contributed by atoms with Crippen molar-refractivity contribution in [3.63, 3.8) is 0 Å². The molecule has 0 aromatic carbocycles. The van der Waals surface area contributed by atoms with Crippen LogP contribution in [0.15, 0.2) is 12.7 Å². The van der Waals surface area contributed by atoms with E-state index in [0.717, 1.165) is 7.11 Å². The van der Waals surface area contributed by atoms with Crippen molar-refractivity contribution in [2.75, 3.05) is 7.11 Å². The van der Waals surface area contributed by atoms with Gasteiger partial charge in [0.2, 0.25) is 0 Å². The Hall–Kier alpha value is -0.390. The van der Waals surface area contributed by atoms with Crippen molar-refractivity contribution in [3.8, 4) is 0 Å². The molecule has 0 radical (unpaired) electrons. The van der Waals surface area contributed by atoms with Gasteiger partial charge >= 0.3 is 10.4 Å². The Bertz CT molecular complexity index is 146. The molecule has 0 amide bonds. The van der Waals surface area contributed by atoms with E-state index in [1.54, 1.807) is 6.08 Å². The first-order valence-corrected chi connectivity index (χ1v) is 3.44. The molecule has 0 atom stereocenters. The molecular weight excluding hydrogens is 144 g/mol. The van der Waals surface area contributed by atoms with E-state index < -0.39 is 10.4 Å². The van der Waals surface area contributed by atoms with Gasteiger partial charge in [-0.3, -0.25) is 8.74 Å². The molecule has 56 valence electrons. The number of allylic oxidation sites excluding steroid dienone is 1. The zero-order chi connectivity index (χ0) is 7.91. The minimum atomic E-state index is -4.16. The molecule has 4 nitrogen and oxygen atoms in total. The summed E-state index contributed by atoms with van der Waals surface area (Å²) in [5.74, 6) is 0. The maximum Gasteiger partial charge on any atom is 0.397 e. The molecule has 0 aliphatic carbocycles. The highest BCUT2D eigenvalue weighted by molar-refractivity contribution is 7.80. The van der Waals surface area contributed by atoms with E-state index in [1.165, 1.54) is 0 Å². The Labute approximate surface area is 55.1 Å². The highest BCUT2D eigenvalue weighted by Crippen LogP contribution is 1.74. The average Bonchev–Trinajstić information content (AvgIpc) is 1.67. The summed E-state index contributed by atoms with van der Waals surface area (Å²) in [5, 5.41) is 0. The van der Waals surface area contributed by atoms with Gasteiger partial charge in [0, 0.05) is 0 Å². The molecule has 0 saturated heterocycles. The van der Waals surface area contributed by atoms with Gasteiger partial charge in [-0.2, -0.15) is 8.42 Å². The van der Waals surface area contributed by atoms with Crippen LogP contribution in [-0.2, 0) is 14.6 Å². The van der Waals surface area contributed by atoms with E-state index in [2.05, 4.69) is 10.8 Å².